The molecule has 0 spiro atoms. The normalized spacial score (nSPS) is 20.3. The summed E-state index contributed by atoms with van der Waals surface area (Å²) in [6.45, 7) is 1.89. The second kappa shape index (κ2) is 4.69. The van der Waals surface area contributed by atoms with Gasteiger partial charge in [-0.15, -0.1) is 0 Å². The first-order valence-corrected chi connectivity index (χ1v) is 8.12. The maximum atomic E-state index is 12.9. The number of fused-ring (bicyclic) bond motifs is 2. The molecule has 1 aliphatic heterocycles. The average Bonchev–Trinajstić information content (AvgIpc) is 2.96. The number of carbonyl (C=O) groups is 1. The monoisotopic (exact) mass is 370 g/mol. The predicted molar refractivity (Wildman–Crippen MR) is 93.6 cm³/mol. The molecule has 1 unspecified atom stereocenters. The van der Waals surface area contributed by atoms with E-state index in [9.17, 15) is 9.90 Å². The lowest BCUT2D eigenvalue weighted by atomic mass is 9.85. The third kappa shape index (κ3) is 1.77. The number of aromatic amines is 1. The standard InChI is InChI=1S/C18H15BrN2O2/c1-10-16(12-5-3-4-6-14(12)20-10)18(23)13-9-11(19)7-8-15(13)21(2)17(18)22/h3-9,20,23H,1-2H3. The molecule has 2 heterocycles. The fourth-order valence-electron chi connectivity index (χ4n) is 3.54. The quantitative estimate of drug-likeness (QED) is 0.689. The maximum Gasteiger partial charge on any atom is 0.268 e. The van der Waals surface area contributed by atoms with Gasteiger partial charge in [-0.1, -0.05) is 34.1 Å². The number of rotatable bonds is 1. The van der Waals surface area contributed by atoms with Crippen LogP contribution in [0.4, 0.5) is 5.69 Å². The van der Waals surface area contributed by atoms with Crippen LogP contribution in [-0.4, -0.2) is 23.0 Å². The number of halogens is 1. The highest BCUT2D eigenvalue weighted by molar-refractivity contribution is 9.10. The van der Waals surface area contributed by atoms with Crippen molar-refractivity contribution in [3.05, 3.63) is 63.8 Å². The van der Waals surface area contributed by atoms with E-state index in [0.717, 1.165) is 26.8 Å². The molecule has 23 heavy (non-hydrogen) atoms. The Bertz CT molecular complexity index is 963. The number of aliphatic hydroxyl groups is 1. The average molecular weight is 371 g/mol. The van der Waals surface area contributed by atoms with Crippen molar-refractivity contribution in [3.8, 4) is 0 Å². The first kappa shape index (κ1) is 14.5. The van der Waals surface area contributed by atoms with Gasteiger partial charge in [-0.2, -0.15) is 0 Å². The van der Waals surface area contributed by atoms with Crippen LogP contribution in [0.2, 0.25) is 0 Å². The lowest BCUT2D eigenvalue weighted by molar-refractivity contribution is -0.131. The fourth-order valence-corrected chi connectivity index (χ4v) is 3.90. The molecule has 2 aromatic carbocycles. The van der Waals surface area contributed by atoms with Crippen molar-refractivity contribution in [2.75, 3.05) is 11.9 Å². The first-order valence-electron chi connectivity index (χ1n) is 7.33. The van der Waals surface area contributed by atoms with Crippen molar-refractivity contribution in [1.82, 2.24) is 4.98 Å². The molecular formula is C18H15BrN2O2. The molecule has 1 amide bonds. The number of anilines is 1. The van der Waals surface area contributed by atoms with Gasteiger partial charge in [0.05, 0.1) is 5.69 Å². The first-order chi connectivity index (χ1) is 10.9. The van der Waals surface area contributed by atoms with E-state index in [1.165, 1.54) is 4.90 Å². The zero-order valence-corrected chi connectivity index (χ0v) is 14.3. The lowest BCUT2D eigenvalue weighted by Crippen LogP contribution is -2.39. The highest BCUT2D eigenvalue weighted by atomic mass is 79.9. The molecule has 1 aromatic heterocycles. The van der Waals surface area contributed by atoms with Crippen molar-refractivity contribution in [2.24, 2.45) is 0 Å². The number of benzene rings is 2. The van der Waals surface area contributed by atoms with E-state index in [1.54, 1.807) is 7.05 Å². The molecule has 1 atom stereocenters. The van der Waals surface area contributed by atoms with E-state index in [4.69, 9.17) is 0 Å². The van der Waals surface area contributed by atoms with Gasteiger partial charge in [0.1, 0.15) is 0 Å². The molecule has 0 fully saturated rings. The summed E-state index contributed by atoms with van der Waals surface area (Å²) in [6.07, 6.45) is 0. The van der Waals surface area contributed by atoms with Crippen LogP contribution in [0.3, 0.4) is 0 Å². The second-order valence-corrected chi connectivity index (χ2v) is 6.82. The van der Waals surface area contributed by atoms with Crippen molar-refractivity contribution < 1.29 is 9.90 Å². The molecule has 0 saturated carbocycles. The minimum absolute atomic E-state index is 0.335. The van der Waals surface area contributed by atoms with Crippen LogP contribution in [0.1, 0.15) is 16.8 Å². The predicted octanol–water partition coefficient (Wildman–Crippen LogP) is 3.45. The molecule has 0 bridgehead atoms. The van der Waals surface area contributed by atoms with Crippen LogP contribution in [-0.2, 0) is 10.4 Å². The van der Waals surface area contributed by atoms with Crippen molar-refractivity contribution in [1.29, 1.82) is 0 Å². The van der Waals surface area contributed by atoms with Crippen LogP contribution < -0.4 is 4.90 Å². The number of aryl methyl sites for hydroxylation is 1. The number of nitrogens with zero attached hydrogens (tertiary/aromatic N) is 1. The van der Waals surface area contributed by atoms with E-state index >= 15 is 0 Å². The summed E-state index contributed by atoms with van der Waals surface area (Å²) in [4.78, 5) is 17.7. The smallest absolute Gasteiger partial charge is 0.268 e. The number of amides is 1. The Morgan fingerprint density at radius 1 is 1.22 bits per heavy atom. The highest BCUT2D eigenvalue weighted by Gasteiger charge is 2.51. The largest absolute Gasteiger partial charge is 0.372 e. The Labute approximate surface area is 141 Å². The number of likely N-dealkylation sites (N-methyl/N-ethyl adjacent to an activating group) is 1. The Hall–Kier alpha value is -2.11. The molecule has 116 valence electrons. The van der Waals surface area contributed by atoms with Crippen LogP contribution in [0.15, 0.2) is 46.9 Å². The Morgan fingerprint density at radius 2 is 1.96 bits per heavy atom. The zero-order chi connectivity index (χ0) is 16.4. The molecular weight excluding hydrogens is 356 g/mol. The number of H-pyrrole nitrogens is 1. The van der Waals surface area contributed by atoms with Crippen LogP contribution in [0.25, 0.3) is 10.9 Å². The molecule has 3 aromatic rings. The van der Waals surface area contributed by atoms with Crippen LogP contribution in [0.5, 0.6) is 0 Å². The Balaban J connectivity index is 2.10. The Kier molecular flexibility index (Phi) is 2.95. The summed E-state index contributed by atoms with van der Waals surface area (Å²) >= 11 is 3.44. The van der Waals surface area contributed by atoms with Crippen molar-refractivity contribution in [2.45, 2.75) is 12.5 Å². The number of hydrogen-bond acceptors (Lipinski definition) is 2. The third-order valence-electron chi connectivity index (χ3n) is 4.58. The lowest BCUT2D eigenvalue weighted by Gasteiger charge is -2.23. The summed E-state index contributed by atoms with van der Waals surface area (Å²) < 4.78 is 0.829. The number of nitrogens with one attached hydrogen (secondary N) is 1. The molecule has 0 saturated heterocycles. The summed E-state index contributed by atoms with van der Waals surface area (Å²) in [5.74, 6) is -0.335. The van der Waals surface area contributed by atoms with Gasteiger partial charge in [-0.3, -0.25) is 4.79 Å². The Morgan fingerprint density at radius 3 is 2.74 bits per heavy atom. The number of aromatic nitrogens is 1. The molecule has 5 heteroatoms. The minimum atomic E-state index is -1.68. The summed E-state index contributed by atoms with van der Waals surface area (Å²) in [5.41, 5.74) is 1.98. The molecule has 1 aliphatic rings. The molecule has 4 nitrogen and oxygen atoms in total. The topological polar surface area (TPSA) is 56.3 Å². The summed E-state index contributed by atoms with van der Waals surface area (Å²) in [6, 6.07) is 13.2. The molecule has 2 N–H and O–H groups in total. The van der Waals surface area contributed by atoms with E-state index in [2.05, 4.69) is 20.9 Å². The molecule has 4 rings (SSSR count). The second-order valence-electron chi connectivity index (χ2n) is 5.91. The van der Waals surface area contributed by atoms with E-state index in [0.29, 0.717) is 11.1 Å². The SMILES string of the molecule is Cc1[nH]c2ccccc2c1C1(O)C(=O)N(C)c2ccc(Br)cc21. The van der Waals surface area contributed by atoms with Crippen LogP contribution in [0, 0.1) is 6.92 Å². The van der Waals surface area contributed by atoms with E-state index < -0.39 is 5.60 Å². The fraction of sp³-hybridized carbons (Fsp3) is 0.167. The minimum Gasteiger partial charge on any atom is -0.372 e. The zero-order valence-electron chi connectivity index (χ0n) is 12.7. The van der Waals surface area contributed by atoms with Gasteiger partial charge in [0, 0.05) is 39.2 Å². The molecule has 0 radical (unpaired) electrons. The summed E-state index contributed by atoms with van der Waals surface area (Å²) in [7, 11) is 1.69. The van der Waals surface area contributed by atoms with Gasteiger partial charge in [0.15, 0.2) is 5.60 Å². The van der Waals surface area contributed by atoms with Gasteiger partial charge in [-0.25, -0.2) is 0 Å². The van der Waals surface area contributed by atoms with Crippen LogP contribution >= 0.6 is 15.9 Å². The number of hydrogen-bond donors (Lipinski definition) is 2. The van der Waals surface area contributed by atoms with E-state index in [-0.39, 0.29) is 5.91 Å². The summed E-state index contributed by atoms with van der Waals surface area (Å²) in [5, 5.41) is 12.4. The van der Waals surface area contributed by atoms with Gasteiger partial charge in [-0.05, 0) is 31.2 Å². The maximum absolute atomic E-state index is 12.9. The van der Waals surface area contributed by atoms with Gasteiger partial charge < -0.3 is 15.0 Å². The molecule has 0 aliphatic carbocycles. The van der Waals surface area contributed by atoms with E-state index in [1.807, 2.05) is 49.4 Å². The van der Waals surface area contributed by atoms with Gasteiger partial charge >= 0.3 is 0 Å². The van der Waals surface area contributed by atoms with Gasteiger partial charge in [0.25, 0.3) is 5.91 Å². The number of carbonyl (C=O) groups excluding carboxylic acids is 1. The van der Waals surface area contributed by atoms with Crippen molar-refractivity contribution >= 4 is 38.4 Å². The third-order valence-corrected chi connectivity index (χ3v) is 5.07. The highest BCUT2D eigenvalue weighted by Crippen LogP contribution is 2.47. The number of para-hydroxylation sites is 1. The van der Waals surface area contributed by atoms with Gasteiger partial charge in [0.2, 0.25) is 0 Å². The van der Waals surface area contributed by atoms with Crippen molar-refractivity contribution in [3.63, 3.8) is 0 Å².